The second kappa shape index (κ2) is 15.4. The number of hydrogen-bond donors (Lipinski definition) is 0. The van der Waals surface area contributed by atoms with Crippen molar-refractivity contribution in [3.63, 3.8) is 0 Å². The van der Waals surface area contributed by atoms with Crippen LogP contribution in [0.25, 0.3) is 55.6 Å². The SMILES string of the molecule is c1ccc(-c2cccc(-c3ccccc3N(c3ccc4c(c3)C(c3ccccc3)(c3ccccc3)c3ccccc3-4)c3ccc4c(c3)C3(c5ccccc5-c5ccccc53)c3ccccc3-4)c2)cc1. The van der Waals surface area contributed by atoms with Crippen LogP contribution in [0.5, 0.6) is 0 Å². The molecule has 0 fully saturated rings. The minimum Gasteiger partial charge on any atom is -0.310 e. The summed E-state index contributed by atoms with van der Waals surface area (Å²) in [5.41, 5.74) is 25.1. The van der Waals surface area contributed by atoms with E-state index in [-0.39, 0.29) is 0 Å². The Balaban J connectivity index is 1.06. The highest BCUT2D eigenvalue weighted by molar-refractivity contribution is 5.98. The smallest absolute Gasteiger partial charge is 0.0726 e. The molecule has 3 aliphatic carbocycles. The zero-order chi connectivity index (χ0) is 45.5. The Morgan fingerprint density at radius 2 is 0.580 bits per heavy atom. The molecule has 0 heterocycles. The molecule has 14 rings (SSSR count). The van der Waals surface area contributed by atoms with Crippen molar-refractivity contribution >= 4 is 17.1 Å². The lowest BCUT2D eigenvalue weighted by atomic mass is 9.67. The van der Waals surface area contributed by atoms with Crippen LogP contribution in [0.15, 0.2) is 273 Å². The van der Waals surface area contributed by atoms with Gasteiger partial charge in [0.1, 0.15) is 0 Å². The molecule has 11 aromatic rings. The molecule has 0 aliphatic heterocycles. The van der Waals surface area contributed by atoms with E-state index in [0.29, 0.717) is 0 Å². The molecular weight excluding hydrogens is 831 g/mol. The Bertz CT molecular complexity index is 3580. The molecule has 322 valence electrons. The van der Waals surface area contributed by atoms with Gasteiger partial charge in [-0.2, -0.15) is 0 Å². The average molecular weight is 876 g/mol. The van der Waals surface area contributed by atoms with Crippen LogP contribution in [0.1, 0.15) is 44.5 Å². The standard InChI is InChI=1S/C68H45N/c1-4-21-46(22-5-1)47-23-20-24-48(43-47)53-29-14-19-38-66(53)69(51-39-41-58-56-32-10-15-34-60(56)67(64(58)44-51,49-25-6-2-7-26-49)50-27-8-3-9-28-50)52-40-42-59-57-33-13-18-37-63(57)68(65(59)45-52)61-35-16-11-30-54(61)55-31-12-17-36-62(55)68/h1-45H. The van der Waals surface area contributed by atoms with Gasteiger partial charge in [0, 0.05) is 16.9 Å². The van der Waals surface area contributed by atoms with Crippen molar-refractivity contribution in [1.82, 2.24) is 0 Å². The number of benzene rings is 11. The van der Waals surface area contributed by atoms with E-state index in [4.69, 9.17) is 0 Å². The Labute approximate surface area is 403 Å². The van der Waals surface area contributed by atoms with E-state index in [1.165, 1.54) is 89.0 Å². The molecule has 3 aliphatic rings. The van der Waals surface area contributed by atoms with E-state index in [1.807, 2.05) is 0 Å². The average Bonchev–Trinajstić information content (AvgIpc) is 4.02. The number of nitrogens with zero attached hydrogens (tertiary/aromatic N) is 1. The van der Waals surface area contributed by atoms with Gasteiger partial charge in [-0.3, -0.25) is 0 Å². The van der Waals surface area contributed by atoms with Gasteiger partial charge in [-0.1, -0.05) is 237 Å². The van der Waals surface area contributed by atoms with Gasteiger partial charge >= 0.3 is 0 Å². The molecule has 11 aromatic carbocycles. The van der Waals surface area contributed by atoms with Crippen LogP contribution < -0.4 is 4.90 Å². The van der Waals surface area contributed by atoms with Crippen LogP contribution in [-0.4, -0.2) is 0 Å². The first-order valence-corrected chi connectivity index (χ1v) is 24.1. The summed E-state index contributed by atoms with van der Waals surface area (Å²) < 4.78 is 0. The van der Waals surface area contributed by atoms with Gasteiger partial charge in [0.2, 0.25) is 0 Å². The van der Waals surface area contributed by atoms with Gasteiger partial charge in [-0.15, -0.1) is 0 Å². The van der Waals surface area contributed by atoms with Gasteiger partial charge in [-0.25, -0.2) is 0 Å². The molecule has 0 bridgehead atoms. The Kier molecular flexibility index (Phi) is 8.78. The van der Waals surface area contributed by atoms with Crippen molar-refractivity contribution in [2.24, 2.45) is 0 Å². The fourth-order valence-corrected chi connectivity index (χ4v) is 12.6. The maximum absolute atomic E-state index is 2.54. The fourth-order valence-electron chi connectivity index (χ4n) is 12.6. The van der Waals surface area contributed by atoms with E-state index in [9.17, 15) is 0 Å². The molecule has 0 saturated heterocycles. The molecular formula is C68H45N. The molecule has 0 unspecified atom stereocenters. The van der Waals surface area contributed by atoms with E-state index >= 15 is 0 Å². The number of para-hydroxylation sites is 1. The number of rotatable bonds is 7. The molecule has 69 heavy (non-hydrogen) atoms. The van der Waals surface area contributed by atoms with Gasteiger partial charge in [-0.05, 0) is 131 Å². The van der Waals surface area contributed by atoms with Crippen LogP contribution in [0.4, 0.5) is 17.1 Å². The van der Waals surface area contributed by atoms with Crippen molar-refractivity contribution < 1.29 is 0 Å². The maximum atomic E-state index is 2.54. The van der Waals surface area contributed by atoms with Crippen molar-refractivity contribution in [2.75, 3.05) is 4.90 Å². The molecule has 0 aromatic heterocycles. The summed E-state index contributed by atoms with van der Waals surface area (Å²) in [6.45, 7) is 0. The van der Waals surface area contributed by atoms with E-state index < -0.39 is 10.8 Å². The zero-order valence-electron chi connectivity index (χ0n) is 37.9. The topological polar surface area (TPSA) is 3.24 Å². The van der Waals surface area contributed by atoms with Gasteiger partial charge in [0.25, 0.3) is 0 Å². The van der Waals surface area contributed by atoms with Crippen molar-refractivity contribution in [1.29, 1.82) is 0 Å². The number of hydrogen-bond acceptors (Lipinski definition) is 1. The monoisotopic (exact) mass is 875 g/mol. The third-order valence-electron chi connectivity index (χ3n) is 15.4. The normalized spacial score (nSPS) is 13.7. The minimum atomic E-state index is -0.555. The first-order chi connectivity index (χ1) is 34.2. The summed E-state index contributed by atoms with van der Waals surface area (Å²) in [6, 6.07) is 102. The second-order valence-corrected chi connectivity index (χ2v) is 18.7. The zero-order valence-corrected chi connectivity index (χ0v) is 37.9. The third-order valence-corrected chi connectivity index (χ3v) is 15.4. The Hall–Kier alpha value is -8.78. The molecule has 0 N–H and O–H groups in total. The summed E-state index contributed by atoms with van der Waals surface area (Å²) in [5, 5.41) is 0. The molecule has 1 spiro atoms. The lowest BCUT2D eigenvalue weighted by molar-refractivity contribution is 0.768. The van der Waals surface area contributed by atoms with Crippen molar-refractivity contribution in [2.45, 2.75) is 10.8 Å². The van der Waals surface area contributed by atoms with Crippen LogP contribution in [0.2, 0.25) is 0 Å². The van der Waals surface area contributed by atoms with E-state index in [0.717, 1.165) is 28.2 Å². The third kappa shape index (κ3) is 5.59. The molecule has 0 saturated carbocycles. The largest absolute Gasteiger partial charge is 0.310 e. The lowest BCUT2D eigenvalue weighted by Crippen LogP contribution is -2.28. The van der Waals surface area contributed by atoms with Crippen LogP contribution in [-0.2, 0) is 10.8 Å². The van der Waals surface area contributed by atoms with Crippen LogP contribution in [0.3, 0.4) is 0 Å². The molecule has 0 atom stereocenters. The molecule has 0 amide bonds. The van der Waals surface area contributed by atoms with Gasteiger partial charge in [0.15, 0.2) is 0 Å². The fraction of sp³-hybridized carbons (Fsp3) is 0.0294. The highest BCUT2D eigenvalue weighted by atomic mass is 15.1. The Morgan fingerprint density at radius 1 is 0.217 bits per heavy atom. The lowest BCUT2D eigenvalue weighted by Gasteiger charge is -2.35. The first-order valence-electron chi connectivity index (χ1n) is 24.1. The number of fused-ring (bicyclic) bond motifs is 13. The van der Waals surface area contributed by atoms with E-state index in [2.05, 4.69) is 278 Å². The molecule has 0 radical (unpaired) electrons. The van der Waals surface area contributed by atoms with E-state index in [1.54, 1.807) is 0 Å². The molecule has 1 nitrogen and oxygen atoms in total. The maximum Gasteiger partial charge on any atom is 0.0726 e. The van der Waals surface area contributed by atoms with Crippen molar-refractivity contribution in [3.8, 4) is 55.6 Å². The summed E-state index contributed by atoms with van der Waals surface area (Å²) in [7, 11) is 0. The summed E-state index contributed by atoms with van der Waals surface area (Å²) in [5.74, 6) is 0. The second-order valence-electron chi connectivity index (χ2n) is 18.7. The van der Waals surface area contributed by atoms with Crippen LogP contribution in [0, 0.1) is 0 Å². The predicted molar refractivity (Wildman–Crippen MR) is 286 cm³/mol. The quantitative estimate of drug-likeness (QED) is 0.154. The van der Waals surface area contributed by atoms with Crippen LogP contribution >= 0.6 is 0 Å². The summed E-state index contributed by atoms with van der Waals surface area (Å²) >= 11 is 0. The number of anilines is 3. The minimum absolute atomic E-state index is 0.486. The Morgan fingerprint density at radius 3 is 1.09 bits per heavy atom. The van der Waals surface area contributed by atoms with Gasteiger partial charge < -0.3 is 4.90 Å². The van der Waals surface area contributed by atoms with Gasteiger partial charge in [0.05, 0.1) is 16.5 Å². The highest BCUT2D eigenvalue weighted by Crippen LogP contribution is 2.64. The predicted octanol–water partition coefficient (Wildman–Crippen LogP) is 17.2. The summed E-state index contributed by atoms with van der Waals surface area (Å²) in [4.78, 5) is 2.54. The summed E-state index contributed by atoms with van der Waals surface area (Å²) in [6.07, 6.45) is 0. The molecule has 1 heteroatoms. The van der Waals surface area contributed by atoms with Crippen molar-refractivity contribution in [3.05, 3.63) is 317 Å². The highest BCUT2D eigenvalue weighted by Gasteiger charge is 2.52. The first kappa shape index (κ1) is 39.4.